The van der Waals surface area contributed by atoms with E-state index in [1.54, 1.807) is 29.2 Å². The lowest BCUT2D eigenvalue weighted by Gasteiger charge is -2.41. The molecule has 172 valence electrons. The second-order valence-electron chi connectivity index (χ2n) is 8.14. The molecule has 2 aromatic rings. The van der Waals surface area contributed by atoms with Crippen molar-refractivity contribution in [1.29, 1.82) is 0 Å². The van der Waals surface area contributed by atoms with Gasteiger partial charge >= 0.3 is 6.03 Å². The first-order chi connectivity index (χ1) is 15.5. The van der Waals surface area contributed by atoms with E-state index in [-0.39, 0.29) is 12.1 Å². The highest BCUT2D eigenvalue weighted by Gasteiger charge is 2.30. The second-order valence-corrected chi connectivity index (χ2v) is 10.2. The maximum absolute atomic E-state index is 12.5. The first-order valence-electron chi connectivity index (χ1n) is 10.9. The summed E-state index contributed by atoms with van der Waals surface area (Å²) in [7, 11) is -1.53. The zero-order valence-electron chi connectivity index (χ0n) is 17.7. The zero-order chi connectivity index (χ0) is 22.5. The number of urea groups is 1. The highest BCUT2D eigenvalue weighted by molar-refractivity contribution is 7.83. The summed E-state index contributed by atoms with van der Waals surface area (Å²) < 4.78 is 21.0. The number of nitrogens with zero attached hydrogens (tertiary/aromatic N) is 2. The summed E-state index contributed by atoms with van der Waals surface area (Å²) >= 11 is 12.1. The van der Waals surface area contributed by atoms with Gasteiger partial charge in [0.25, 0.3) is 0 Å². The van der Waals surface area contributed by atoms with E-state index in [0.29, 0.717) is 34.1 Å². The van der Waals surface area contributed by atoms with Gasteiger partial charge in [-0.3, -0.25) is 9.62 Å². The van der Waals surface area contributed by atoms with Gasteiger partial charge in [-0.05, 0) is 49.9 Å². The quantitative estimate of drug-likeness (QED) is 0.650. The predicted octanol–water partition coefficient (Wildman–Crippen LogP) is 4.73. The Kier molecular flexibility index (Phi) is 7.94. The van der Waals surface area contributed by atoms with E-state index in [1.165, 1.54) is 0 Å². The first-order valence-corrected chi connectivity index (χ1v) is 12.8. The van der Waals surface area contributed by atoms with Crippen LogP contribution < -0.4 is 9.46 Å². The standard InChI is InChI=1S/C23H27Cl2N3O3S/c24-21-7-6-19(16-22(21)25)31-18-10-14-27(15-11-18)17-8-12-28(13-9-17)23(29)26-32(30)20-4-2-1-3-5-20/h1-7,16-18H,8-15H2,(H,26,29). The van der Waals surface area contributed by atoms with Gasteiger partial charge in [-0.25, -0.2) is 9.00 Å². The van der Waals surface area contributed by atoms with E-state index in [2.05, 4.69) is 9.62 Å². The molecular formula is C23H27Cl2N3O3S. The minimum Gasteiger partial charge on any atom is -0.490 e. The third-order valence-corrected chi connectivity index (χ3v) is 7.88. The molecule has 0 bridgehead atoms. The molecule has 4 rings (SSSR count). The fourth-order valence-corrected chi connectivity index (χ4v) is 5.38. The number of hydrogen-bond acceptors (Lipinski definition) is 4. The summed E-state index contributed by atoms with van der Waals surface area (Å²) in [4.78, 5) is 17.4. The zero-order valence-corrected chi connectivity index (χ0v) is 20.0. The number of piperidine rings is 2. The number of ether oxygens (including phenoxy) is 1. The molecule has 2 amide bonds. The molecule has 1 N–H and O–H groups in total. The maximum Gasteiger partial charge on any atom is 0.329 e. The molecule has 2 heterocycles. The average Bonchev–Trinajstić information content (AvgIpc) is 2.82. The highest BCUT2D eigenvalue weighted by atomic mass is 35.5. The number of likely N-dealkylation sites (tertiary alicyclic amines) is 2. The van der Waals surface area contributed by atoms with Crippen LogP contribution in [-0.2, 0) is 11.0 Å². The van der Waals surface area contributed by atoms with Crippen LogP contribution in [0.5, 0.6) is 5.75 Å². The molecule has 6 nitrogen and oxygen atoms in total. The molecule has 0 aliphatic carbocycles. The summed E-state index contributed by atoms with van der Waals surface area (Å²) in [6.45, 7) is 3.28. The molecule has 32 heavy (non-hydrogen) atoms. The molecule has 0 saturated carbocycles. The third kappa shape index (κ3) is 5.95. The van der Waals surface area contributed by atoms with Crippen LogP contribution in [0.15, 0.2) is 53.4 Å². The Morgan fingerprint density at radius 1 is 0.938 bits per heavy atom. The Balaban J connectivity index is 1.20. The van der Waals surface area contributed by atoms with Crippen LogP contribution >= 0.6 is 23.2 Å². The SMILES string of the molecule is O=C(NS(=O)c1ccccc1)N1CCC(N2CCC(Oc3ccc(Cl)c(Cl)c3)CC2)CC1. The van der Waals surface area contributed by atoms with Crippen molar-refractivity contribution in [2.45, 2.75) is 42.7 Å². The van der Waals surface area contributed by atoms with Gasteiger partial charge in [-0.1, -0.05) is 41.4 Å². The predicted molar refractivity (Wildman–Crippen MR) is 128 cm³/mol. The van der Waals surface area contributed by atoms with Gasteiger partial charge < -0.3 is 9.64 Å². The van der Waals surface area contributed by atoms with E-state index >= 15 is 0 Å². The van der Waals surface area contributed by atoms with Crippen LogP contribution in [0.4, 0.5) is 4.79 Å². The molecule has 1 atom stereocenters. The van der Waals surface area contributed by atoms with Gasteiger partial charge in [0.1, 0.15) is 11.9 Å². The molecule has 0 aromatic heterocycles. The van der Waals surface area contributed by atoms with Crippen molar-refractivity contribution in [2.24, 2.45) is 0 Å². The van der Waals surface area contributed by atoms with Crippen LogP contribution in [0.3, 0.4) is 0 Å². The largest absolute Gasteiger partial charge is 0.490 e. The van der Waals surface area contributed by atoms with Crippen LogP contribution in [0.1, 0.15) is 25.7 Å². The molecule has 9 heteroatoms. The van der Waals surface area contributed by atoms with Gasteiger partial charge in [0, 0.05) is 38.3 Å². The minimum atomic E-state index is -1.53. The molecule has 2 aliphatic heterocycles. The monoisotopic (exact) mass is 495 g/mol. The third-order valence-electron chi connectivity index (χ3n) is 6.08. The molecule has 2 fully saturated rings. The number of nitrogens with one attached hydrogen (secondary N) is 1. The lowest BCUT2D eigenvalue weighted by Crippen LogP contribution is -2.51. The lowest BCUT2D eigenvalue weighted by molar-refractivity contribution is 0.0540. The average molecular weight is 496 g/mol. The lowest BCUT2D eigenvalue weighted by atomic mass is 9.99. The fourth-order valence-electron chi connectivity index (χ4n) is 4.28. The van der Waals surface area contributed by atoms with Crippen molar-refractivity contribution < 1.29 is 13.7 Å². The normalized spacial score (nSPS) is 19.5. The summed E-state index contributed by atoms with van der Waals surface area (Å²) in [5.74, 6) is 0.755. The molecule has 2 aliphatic rings. The fraction of sp³-hybridized carbons (Fsp3) is 0.435. The number of carbonyl (C=O) groups excluding carboxylic acids is 1. The van der Waals surface area contributed by atoms with Gasteiger partial charge in [0.2, 0.25) is 0 Å². The van der Waals surface area contributed by atoms with Crippen LogP contribution in [0.25, 0.3) is 0 Å². The molecule has 0 radical (unpaired) electrons. The van der Waals surface area contributed by atoms with E-state index in [9.17, 15) is 9.00 Å². The topological polar surface area (TPSA) is 61.9 Å². The van der Waals surface area contributed by atoms with E-state index in [0.717, 1.165) is 44.5 Å². The molecule has 0 spiro atoms. The van der Waals surface area contributed by atoms with E-state index in [4.69, 9.17) is 27.9 Å². The van der Waals surface area contributed by atoms with Crippen molar-refractivity contribution in [2.75, 3.05) is 26.2 Å². The summed E-state index contributed by atoms with van der Waals surface area (Å²) in [5.41, 5.74) is 0. The Morgan fingerprint density at radius 3 is 2.28 bits per heavy atom. The number of amides is 2. The van der Waals surface area contributed by atoms with Crippen LogP contribution in [0.2, 0.25) is 10.0 Å². The molecular weight excluding hydrogens is 469 g/mol. The Labute approximate surface area is 201 Å². The molecule has 1 unspecified atom stereocenters. The van der Waals surface area contributed by atoms with Gasteiger partial charge in [0.15, 0.2) is 11.0 Å². The summed E-state index contributed by atoms with van der Waals surface area (Å²) in [6, 6.07) is 14.5. The van der Waals surface area contributed by atoms with Gasteiger partial charge in [-0.2, -0.15) is 0 Å². The Bertz CT molecular complexity index is 947. The number of hydrogen-bond donors (Lipinski definition) is 1. The second kappa shape index (κ2) is 10.9. The number of benzene rings is 2. The van der Waals surface area contributed by atoms with E-state index < -0.39 is 11.0 Å². The summed E-state index contributed by atoms with van der Waals surface area (Å²) in [6.07, 6.45) is 3.92. The minimum absolute atomic E-state index is 0.169. The smallest absolute Gasteiger partial charge is 0.329 e. The van der Waals surface area contributed by atoms with Crippen LogP contribution in [-0.4, -0.2) is 58.4 Å². The van der Waals surface area contributed by atoms with Gasteiger partial charge in [-0.15, -0.1) is 0 Å². The Morgan fingerprint density at radius 2 is 1.62 bits per heavy atom. The number of halogens is 2. The van der Waals surface area contributed by atoms with Crippen molar-refractivity contribution in [3.8, 4) is 5.75 Å². The molecule has 2 saturated heterocycles. The summed E-state index contributed by atoms with van der Waals surface area (Å²) in [5, 5.41) is 1.03. The van der Waals surface area contributed by atoms with E-state index in [1.807, 2.05) is 24.3 Å². The van der Waals surface area contributed by atoms with Crippen molar-refractivity contribution in [1.82, 2.24) is 14.5 Å². The number of carbonyl (C=O) groups is 1. The van der Waals surface area contributed by atoms with Crippen molar-refractivity contribution in [3.63, 3.8) is 0 Å². The van der Waals surface area contributed by atoms with Gasteiger partial charge in [0.05, 0.1) is 14.9 Å². The van der Waals surface area contributed by atoms with Crippen molar-refractivity contribution in [3.05, 3.63) is 58.6 Å². The highest BCUT2D eigenvalue weighted by Crippen LogP contribution is 2.29. The maximum atomic E-state index is 12.5. The first kappa shape index (κ1) is 23.4. The Hall–Kier alpha value is -1.80. The molecule has 2 aromatic carbocycles. The van der Waals surface area contributed by atoms with Crippen molar-refractivity contribution >= 4 is 40.2 Å². The number of rotatable bonds is 5. The van der Waals surface area contributed by atoms with Crippen LogP contribution in [0, 0.1) is 0 Å².